The first-order valence-corrected chi connectivity index (χ1v) is 10.8. The Kier molecular flexibility index (Phi) is 5.79. The molecule has 0 bridgehead atoms. The van der Waals surface area contributed by atoms with E-state index >= 15 is 0 Å². The molecule has 0 aromatic heterocycles. The van der Waals surface area contributed by atoms with Crippen LogP contribution in [0.2, 0.25) is 0 Å². The number of aryl methyl sites for hydroxylation is 1. The van der Waals surface area contributed by atoms with E-state index in [9.17, 15) is 13.2 Å². The van der Waals surface area contributed by atoms with Gasteiger partial charge >= 0.3 is 0 Å². The fourth-order valence-corrected chi connectivity index (χ4v) is 5.49. The van der Waals surface area contributed by atoms with E-state index in [1.54, 1.807) is 18.2 Å². The molecule has 1 aliphatic carbocycles. The van der Waals surface area contributed by atoms with Gasteiger partial charge in [-0.25, -0.2) is 8.42 Å². The van der Waals surface area contributed by atoms with Crippen LogP contribution in [0.3, 0.4) is 0 Å². The van der Waals surface area contributed by atoms with Crippen molar-refractivity contribution in [1.29, 1.82) is 0 Å². The highest BCUT2D eigenvalue weighted by atomic mass is 32.2. The number of sulfonamides is 1. The summed E-state index contributed by atoms with van der Waals surface area (Å²) in [4.78, 5) is 12.9. The summed E-state index contributed by atoms with van der Waals surface area (Å²) in [6.45, 7) is 2.66. The van der Waals surface area contributed by atoms with Gasteiger partial charge in [0.15, 0.2) is 0 Å². The Morgan fingerprint density at radius 2 is 1.88 bits per heavy atom. The van der Waals surface area contributed by atoms with E-state index in [1.165, 1.54) is 23.6 Å². The van der Waals surface area contributed by atoms with E-state index in [0.717, 1.165) is 31.2 Å². The molecule has 25 heavy (non-hydrogen) atoms. The molecule has 1 aliphatic heterocycles. The van der Waals surface area contributed by atoms with Crippen LogP contribution in [-0.2, 0) is 14.8 Å². The van der Waals surface area contributed by atoms with Crippen molar-refractivity contribution < 1.29 is 13.2 Å². The third-order valence-corrected chi connectivity index (χ3v) is 7.19. The number of carbonyl (C=O) groups excluding carboxylic acids is 1. The smallest absolute Gasteiger partial charge is 0.243 e. The molecule has 1 aromatic carbocycles. The normalized spacial score (nSPS) is 23.3. The Morgan fingerprint density at radius 1 is 1.12 bits per heavy atom. The van der Waals surface area contributed by atoms with Gasteiger partial charge in [-0.2, -0.15) is 4.31 Å². The first kappa shape index (κ1) is 18.4. The monoisotopic (exact) mass is 364 g/mol. The molecule has 3 rings (SSSR count). The van der Waals surface area contributed by atoms with Crippen LogP contribution in [0, 0.1) is 12.8 Å². The van der Waals surface area contributed by atoms with Crippen molar-refractivity contribution in [2.75, 3.05) is 13.1 Å². The van der Waals surface area contributed by atoms with Crippen molar-refractivity contribution >= 4 is 15.9 Å². The molecular formula is C19H28N2O3S. The molecule has 0 spiro atoms. The molecule has 0 radical (unpaired) electrons. The highest BCUT2D eigenvalue weighted by Gasteiger charge is 2.34. The number of rotatable bonds is 4. The molecule has 5 nitrogen and oxygen atoms in total. The van der Waals surface area contributed by atoms with Gasteiger partial charge in [0.2, 0.25) is 15.9 Å². The van der Waals surface area contributed by atoms with Gasteiger partial charge in [0.25, 0.3) is 0 Å². The largest absolute Gasteiger partial charge is 0.353 e. The van der Waals surface area contributed by atoms with Gasteiger partial charge < -0.3 is 5.32 Å². The van der Waals surface area contributed by atoms with E-state index in [1.807, 2.05) is 13.0 Å². The maximum absolute atomic E-state index is 12.9. The van der Waals surface area contributed by atoms with Crippen LogP contribution in [0.4, 0.5) is 0 Å². The predicted octanol–water partition coefficient (Wildman–Crippen LogP) is 2.84. The quantitative estimate of drug-likeness (QED) is 0.893. The molecule has 6 heteroatoms. The maximum atomic E-state index is 12.9. The number of hydrogen-bond acceptors (Lipinski definition) is 3. The predicted molar refractivity (Wildman–Crippen MR) is 97.7 cm³/mol. The molecule has 138 valence electrons. The average Bonchev–Trinajstić information content (AvgIpc) is 2.62. The summed E-state index contributed by atoms with van der Waals surface area (Å²) >= 11 is 0. The minimum Gasteiger partial charge on any atom is -0.353 e. The SMILES string of the molecule is Cc1cccc(S(=O)(=O)N2CCCC(C(=O)NC3CCCCC3)C2)c1. The summed E-state index contributed by atoms with van der Waals surface area (Å²) < 4.78 is 27.3. The maximum Gasteiger partial charge on any atom is 0.243 e. The lowest BCUT2D eigenvalue weighted by Gasteiger charge is -2.32. The summed E-state index contributed by atoms with van der Waals surface area (Å²) in [7, 11) is -3.53. The Balaban J connectivity index is 1.66. The standard InChI is InChI=1S/C19H28N2O3S/c1-15-7-5-11-18(13-15)25(23,24)21-12-6-8-16(14-21)19(22)20-17-9-3-2-4-10-17/h5,7,11,13,16-17H,2-4,6,8-10,12,14H2,1H3,(H,20,22). The van der Waals surface area contributed by atoms with E-state index in [4.69, 9.17) is 0 Å². The summed E-state index contributed by atoms with van der Waals surface area (Å²) in [6, 6.07) is 7.24. The highest BCUT2D eigenvalue weighted by molar-refractivity contribution is 7.89. The van der Waals surface area contributed by atoms with E-state index < -0.39 is 10.0 Å². The van der Waals surface area contributed by atoms with E-state index in [2.05, 4.69) is 5.32 Å². The Hall–Kier alpha value is -1.40. The van der Waals surface area contributed by atoms with Crippen molar-refractivity contribution in [2.45, 2.75) is 62.8 Å². The van der Waals surface area contributed by atoms with Crippen molar-refractivity contribution in [3.63, 3.8) is 0 Å². The molecular weight excluding hydrogens is 336 g/mol. The van der Waals surface area contributed by atoms with Gasteiger partial charge in [-0.3, -0.25) is 4.79 Å². The molecule has 2 fully saturated rings. The lowest BCUT2D eigenvalue weighted by molar-refractivity contribution is -0.127. The van der Waals surface area contributed by atoms with Gasteiger partial charge in [-0.05, 0) is 50.3 Å². The highest BCUT2D eigenvalue weighted by Crippen LogP contribution is 2.25. The molecule has 1 aromatic rings. The van der Waals surface area contributed by atoms with Crippen LogP contribution in [0.15, 0.2) is 29.2 Å². The number of piperidine rings is 1. The fourth-order valence-electron chi connectivity index (χ4n) is 3.87. The molecule has 1 amide bonds. The third-order valence-electron chi connectivity index (χ3n) is 5.33. The summed E-state index contributed by atoms with van der Waals surface area (Å²) in [5.74, 6) is -0.216. The summed E-state index contributed by atoms with van der Waals surface area (Å²) in [5.41, 5.74) is 0.921. The van der Waals surface area contributed by atoms with Gasteiger partial charge in [0.05, 0.1) is 10.8 Å². The molecule has 1 atom stereocenters. The van der Waals surface area contributed by atoms with Crippen molar-refractivity contribution in [1.82, 2.24) is 9.62 Å². The number of nitrogens with one attached hydrogen (secondary N) is 1. The second-order valence-electron chi connectivity index (χ2n) is 7.36. The molecule has 1 heterocycles. The van der Waals surface area contributed by atoms with Crippen molar-refractivity contribution in [3.05, 3.63) is 29.8 Å². The fraction of sp³-hybridized carbons (Fsp3) is 0.632. The number of benzene rings is 1. The van der Waals surface area contributed by atoms with Crippen LogP contribution in [-0.4, -0.2) is 37.8 Å². The van der Waals surface area contributed by atoms with Crippen LogP contribution in [0.25, 0.3) is 0 Å². The minimum atomic E-state index is -3.53. The zero-order valence-corrected chi connectivity index (χ0v) is 15.7. The first-order chi connectivity index (χ1) is 12.0. The van der Waals surface area contributed by atoms with Gasteiger partial charge in [0.1, 0.15) is 0 Å². The molecule has 2 aliphatic rings. The Bertz CT molecular complexity index is 711. The van der Waals surface area contributed by atoms with Gasteiger partial charge in [0, 0.05) is 19.1 Å². The second-order valence-corrected chi connectivity index (χ2v) is 9.30. The lowest BCUT2D eigenvalue weighted by atomic mass is 9.93. The number of nitrogens with zero attached hydrogens (tertiary/aromatic N) is 1. The molecule has 1 saturated heterocycles. The third kappa shape index (κ3) is 4.42. The topological polar surface area (TPSA) is 66.5 Å². The zero-order valence-electron chi connectivity index (χ0n) is 14.9. The van der Waals surface area contributed by atoms with Crippen LogP contribution in [0.5, 0.6) is 0 Å². The number of amides is 1. The van der Waals surface area contributed by atoms with Gasteiger partial charge in [-0.1, -0.05) is 31.4 Å². The Labute approximate surface area is 150 Å². The lowest BCUT2D eigenvalue weighted by Crippen LogP contribution is -2.47. The van der Waals surface area contributed by atoms with E-state index in [-0.39, 0.29) is 24.4 Å². The van der Waals surface area contributed by atoms with Crippen LogP contribution < -0.4 is 5.32 Å². The second kappa shape index (κ2) is 7.87. The van der Waals surface area contributed by atoms with Gasteiger partial charge in [-0.15, -0.1) is 0 Å². The first-order valence-electron chi connectivity index (χ1n) is 9.34. The van der Waals surface area contributed by atoms with Crippen molar-refractivity contribution in [3.8, 4) is 0 Å². The number of carbonyl (C=O) groups is 1. The van der Waals surface area contributed by atoms with Crippen LogP contribution in [0.1, 0.15) is 50.5 Å². The minimum absolute atomic E-state index is 0.0241. The van der Waals surface area contributed by atoms with E-state index in [0.29, 0.717) is 11.4 Å². The summed E-state index contributed by atoms with van der Waals surface area (Å²) in [6.07, 6.45) is 7.17. The molecule has 1 N–H and O–H groups in total. The number of hydrogen-bond donors (Lipinski definition) is 1. The average molecular weight is 365 g/mol. The van der Waals surface area contributed by atoms with Crippen LogP contribution >= 0.6 is 0 Å². The Morgan fingerprint density at radius 3 is 2.60 bits per heavy atom. The van der Waals surface area contributed by atoms with Crippen molar-refractivity contribution in [2.24, 2.45) is 5.92 Å². The molecule has 1 unspecified atom stereocenters. The zero-order chi connectivity index (χ0) is 17.9. The molecule has 1 saturated carbocycles. The summed E-state index contributed by atoms with van der Waals surface area (Å²) in [5, 5.41) is 3.15.